The zero-order valence-corrected chi connectivity index (χ0v) is 13.7. The first-order valence-corrected chi connectivity index (χ1v) is 8.12. The molecule has 0 fully saturated rings. The monoisotopic (exact) mass is 276 g/mol. The molecule has 0 aliphatic heterocycles. The van der Waals surface area contributed by atoms with Gasteiger partial charge in [0.25, 0.3) is 0 Å². The maximum absolute atomic E-state index is 5.78. The van der Waals surface area contributed by atoms with Crippen LogP contribution in [-0.2, 0) is 6.42 Å². The summed E-state index contributed by atoms with van der Waals surface area (Å²) in [7, 11) is 0. The lowest BCUT2D eigenvalue weighted by Gasteiger charge is -2.22. The van der Waals surface area contributed by atoms with Gasteiger partial charge < -0.3 is 0 Å². The third kappa shape index (κ3) is 6.06. The molecule has 0 amide bonds. The van der Waals surface area contributed by atoms with E-state index >= 15 is 0 Å². The third-order valence-corrected chi connectivity index (χ3v) is 4.16. The molecule has 1 aromatic carbocycles. The van der Waals surface area contributed by atoms with Crippen molar-refractivity contribution in [2.45, 2.75) is 72.3 Å². The first-order chi connectivity index (χ1) is 9.58. The Labute approximate surface area is 125 Å². The van der Waals surface area contributed by atoms with Crippen LogP contribution in [0, 0.1) is 19.8 Å². The molecule has 2 nitrogen and oxygen atoms in total. The lowest BCUT2D eigenvalue weighted by Crippen LogP contribution is -2.38. The van der Waals surface area contributed by atoms with Crippen molar-refractivity contribution in [3.05, 3.63) is 34.9 Å². The molecule has 3 N–H and O–H groups in total. The van der Waals surface area contributed by atoms with Gasteiger partial charge in [-0.2, -0.15) is 0 Å². The van der Waals surface area contributed by atoms with Crippen molar-refractivity contribution < 1.29 is 0 Å². The first-order valence-electron chi connectivity index (χ1n) is 8.12. The van der Waals surface area contributed by atoms with Crippen molar-refractivity contribution in [1.82, 2.24) is 5.43 Å². The van der Waals surface area contributed by atoms with E-state index in [9.17, 15) is 0 Å². The second kappa shape index (κ2) is 9.15. The minimum absolute atomic E-state index is 0.387. The molecule has 0 spiro atoms. The van der Waals surface area contributed by atoms with Crippen LogP contribution in [-0.4, -0.2) is 6.04 Å². The zero-order valence-electron chi connectivity index (χ0n) is 13.7. The van der Waals surface area contributed by atoms with Crippen molar-refractivity contribution >= 4 is 0 Å². The Morgan fingerprint density at radius 3 is 2.25 bits per heavy atom. The number of aryl methyl sites for hydroxylation is 2. The van der Waals surface area contributed by atoms with Crippen LogP contribution in [0.3, 0.4) is 0 Å². The minimum Gasteiger partial charge on any atom is -0.271 e. The minimum atomic E-state index is 0.387. The quantitative estimate of drug-likeness (QED) is 0.522. The Morgan fingerprint density at radius 1 is 1.10 bits per heavy atom. The number of rotatable bonds is 9. The third-order valence-electron chi connectivity index (χ3n) is 4.16. The van der Waals surface area contributed by atoms with Gasteiger partial charge in [0.05, 0.1) is 0 Å². The normalized spacial score (nSPS) is 14.2. The second-order valence-corrected chi connectivity index (χ2v) is 6.22. The predicted molar refractivity (Wildman–Crippen MR) is 88.7 cm³/mol. The SMILES string of the molecule is CCCCC(CC)CC(Cc1cc(C)cc(C)c1)NN. The number of nitrogens with two attached hydrogens (primary N) is 1. The summed E-state index contributed by atoms with van der Waals surface area (Å²) >= 11 is 0. The molecule has 0 aliphatic rings. The summed E-state index contributed by atoms with van der Waals surface area (Å²) in [5.41, 5.74) is 7.11. The highest BCUT2D eigenvalue weighted by Crippen LogP contribution is 2.20. The Balaban J connectivity index is 2.61. The Hall–Kier alpha value is -0.860. The van der Waals surface area contributed by atoms with Crippen LogP contribution in [0.5, 0.6) is 0 Å². The van der Waals surface area contributed by atoms with Gasteiger partial charge in [0.2, 0.25) is 0 Å². The van der Waals surface area contributed by atoms with E-state index in [1.807, 2.05) is 0 Å². The molecule has 114 valence electrons. The summed E-state index contributed by atoms with van der Waals surface area (Å²) in [6.45, 7) is 8.89. The molecule has 2 atom stereocenters. The van der Waals surface area contributed by atoms with E-state index in [4.69, 9.17) is 5.84 Å². The fourth-order valence-corrected chi connectivity index (χ4v) is 3.07. The lowest BCUT2D eigenvalue weighted by atomic mass is 9.89. The summed E-state index contributed by atoms with van der Waals surface area (Å²) in [6.07, 6.45) is 7.42. The van der Waals surface area contributed by atoms with E-state index in [1.54, 1.807) is 0 Å². The van der Waals surface area contributed by atoms with Gasteiger partial charge in [0.1, 0.15) is 0 Å². The largest absolute Gasteiger partial charge is 0.271 e. The summed E-state index contributed by atoms with van der Waals surface area (Å²) < 4.78 is 0. The van der Waals surface area contributed by atoms with Crippen LogP contribution in [0.4, 0.5) is 0 Å². The zero-order chi connectivity index (χ0) is 15.0. The van der Waals surface area contributed by atoms with Gasteiger partial charge in [0, 0.05) is 6.04 Å². The molecule has 0 bridgehead atoms. The molecule has 0 heterocycles. The fourth-order valence-electron chi connectivity index (χ4n) is 3.07. The van der Waals surface area contributed by atoms with Gasteiger partial charge in [-0.05, 0) is 38.2 Å². The van der Waals surface area contributed by atoms with E-state index in [2.05, 4.69) is 51.3 Å². The number of benzene rings is 1. The highest BCUT2D eigenvalue weighted by Gasteiger charge is 2.14. The maximum atomic E-state index is 5.78. The highest BCUT2D eigenvalue weighted by molar-refractivity contribution is 5.29. The standard InChI is InChI=1S/C18H32N2/c1-5-7-8-16(6-2)12-18(20-19)13-17-10-14(3)9-15(4)11-17/h9-11,16,18,20H,5-8,12-13,19H2,1-4H3. The number of nitrogens with one attached hydrogen (secondary N) is 1. The number of hydrogen-bond acceptors (Lipinski definition) is 2. The lowest BCUT2D eigenvalue weighted by molar-refractivity contribution is 0.350. The molecule has 0 saturated heterocycles. The van der Waals surface area contributed by atoms with Gasteiger partial charge in [-0.15, -0.1) is 0 Å². The van der Waals surface area contributed by atoms with Gasteiger partial charge in [-0.1, -0.05) is 68.9 Å². The van der Waals surface area contributed by atoms with Crippen molar-refractivity contribution in [1.29, 1.82) is 0 Å². The molecule has 20 heavy (non-hydrogen) atoms. The summed E-state index contributed by atoms with van der Waals surface area (Å²) in [5, 5.41) is 0. The molecule has 1 aromatic rings. The molecule has 0 aliphatic carbocycles. The summed E-state index contributed by atoms with van der Waals surface area (Å²) in [4.78, 5) is 0. The van der Waals surface area contributed by atoms with Crippen molar-refractivity contribution in [3.8, 4) is 0 Å². The van der Waals surface area contributed by atoms with Gasteiger partial charge in [-0.3, -0.25) is 11.3 Å². The molecule has 0 aromatic heterocycles. The van der Waals surface area contributed by atoms with Gasteiger partial charge >= 0.3 is 0 Å². The van der Waals surface area contributed by atoms with E-state index < -0.39 is 0 Å². The summed E-state index contributed by atoms with van der Waals surface area (Å²) in [5.74, 6) is 6.57. The molecule has 0 radical (unpaired) electrons. The van der Waals surface area contributed by atoms with E-state index in [0.717, 1.165) is 12.3 Å². The molecular formula is C18H32N2. The Kier molecular flexibility index (Phi) is 7.86. The highest BCUT2D eigenvalue weighted by atomic mass is 15.2. The Bertz CT molecular complexity index is 367. The molecule has 0 saturated carbocycles. The topological polar surface area (TPSA) is 38.0 Å². The van der Waals surface area contributed by atoms with Gasteiger partial charge in [-0.25, -0.2) is 0 Å². The number of hydrazine groups is 1. The van der Waals surface area contributed by atoms with Crippen LogP contribution < -0.4 is 11.3 Å². The van der Waals surface area contributed by atoms with Crippen molar-refractivity contribution in [3.63, 3.8) is 0 Å². The maximum Gasteiger partial charge on any atom is 0.0253 e. The number of hydrogen-bond donors (Lipinski definition) is 2. The van der Waals surface area contributed by atoms with E-state index in [1.165, 1.54) is 48.8 Å². The average molecular weight is 276 g/mol. The van der Waals surface area contributed by atoms with Crippen LogP contribution in [0.1, 0.15) is 62.6 Å². The van der Waals surface area contributed by atoms with Crippen molar-refractivity contribution in [2.24, 2.45) is 11.8 Å². The van der Waals surface area contributed by atoms with Crippen LogP contribution in [0.15, 0.2) is 18.2 Å². The van der Waals surface area contributed by atoms with E-state index in [0.29, 0.717) is 6.04 Å². The van der Waals surface area contributed by atoms with Crippen LogP contribution >= 0.6 is 0 Å². The predicted octanol–water partition coefficient (Wildman–Crippen LogP) is 4.28. The number of unbranched alkanes of at least 4 members (excludes halogenated alkanes) is 1. The summed E-state index contributed by atoms with van der Waals surface area (Å²) in [6, 6.07) is 7.18. The smallest absolute Gasteiger partial charge is 0.0253 e. The molecular weight excluding hydrogens is 244 g/mol. The Morgan fingerprint density at radius 2 is 1.75 bits per heavy atom. The molecule has 2 unspecified atom stereocenters. The van der Waals surface area contributed by atoms with Crippen molar-refractivity contribution in [2.75, 3.05) is 0 Å². The first kappa shape index (κ1) is 17.2. The second-order valence-electron chi connectivity index (χ2n) is 6.22. The van der Waals surface area contributed by atoms with Crippen LogP contribution in [0.25, 0.3) is 0 Å². The van der Waals surface area contributed by atoms with Crippen LogP contribution in [0.2, 0.25) is 0 Å². The van der Waals surface area contributed by atoms with Gasteiger partial charge in [0.15, 0.2) is 0 Å². The van der Waals surface area contributed by atoms with E-state index in [-0.39, 0.29) is 0 Å². The average Bonchev–Trinajstić information content (AvgIpc) is 2.41. The fraction of sp³-hybridized carbons (Fsp3) is 0.667. The molecule has 1 rings (SSSR count). The molecule has 2 heteroatoms.